The van der Waals surface area contributed by atoms with Gasteiger partial charge in [-0.15, -0.1) is 0 Å². The number of hydrogen-bond acceptors (Lipinski definition) is 4. The van der Waals surface area contributed by atoms with Crippen molar-refractivity contribution in [1.29, 1.82) is 0 Å². The Balaban J connectivity index is 2.24. The fraction of sp³-hybridized carbons (Fsp3) is 0.357. The van der Waals surface area contributed by atoms with Gasteiger partial charge < -0.3 is 14.5 Å². The number of anilines is 1. The molecular formula is C14H18N4O2. The highest BCUT2D eigenvalue weighted by Gasteiger charge is 2.04. The van der Waals surface area contributed by atoms with Crippen molar-refractivity contribution in [1.82, 2.24) is 14.1 Å². The number of aryl methyl sites for hydroxylation is 1. The predicted octanol–water partition coefficient (Wildman–Crippen LogP) is 0.812. The maximum atomic E-state index is 11.8. The molecule has 2 heterocycles. The third-order valence-corrected chi connectivity index (χ3v) is 2.97. The molecule has 6 heteroatoms. The molecule has 2 rings (SSSR count). The van der Waals surface area contributed by atoms with Crippen LogP contribution in [0.1, 0.15) is 18.9 Å². The first kappa shape index (κ1) is 14.0. The molecule has 0 atom stereocenters. The maximum Gasteiger partial charge on any atom is 0.316 e. The van der Waals surface area contributed by atoms with Crippen molar-refractivity contribution in [3.63, 3.8) is 0 Å². The summed E-state index contributed by atoms with van der Waals surface area (Å²) in [7, 11) is 1.56. The number of rotatable bonds is 5. The lowest BCUT2D eigenvalue weighted by atomic mass is 10.2. The van der Waals surface area contributed by atoms with E-state index in [9.17, 15) is 9.59 Å². The van der Waals surface area contributed by atoms with E-state index in [1.54, 1.807) is 25.6 Å². The highest BCUT2D eigenvalue weighted by Crippen LogP contribution is 2.07. The SMILES string of the molecule is CCCNc1cc(Cn2ccn(C)c(=O)c2=O)ccn1. The molecule has 0 saturated carbocycles. The van der Waals surface area contributed by atoms with Crippen molar-refractivity contribution < 1.29 is 0 Å². The van der Waals surface area contributed by atoms with Crippen molar-refractivity contribution in [3.05, 3.63) is 57.0 Å². The average molecular weight is 274 g/mol. The van der Waals surface area contributed by atoms with Crippen molar-refractivity contribution in [2.45, 2.75) is 19.9 Å². The first-order valence-electron chi connectivity index (χ1n) is 6.56. The average Bonchev–Trinajstić information content (AvgIpc) is 2.46. The van der Waals surface area contributed by atoms with Crippen molar-refractivity contribution in [3.8, 4) is 0 Å². The Morgan fingerprint density at radius 1 is 1.25 bits per heavy atom. The van der Waals surface area contributed by atoms with Crippen LogP contribution in [0.4, 0.5) is 5.82 Å². The third kappa shape index (κ3) is 3.14. The van der Waals surface area contributed by atoms with Crippen LogP contribution in [-0.4, -0.2) is 20.7 Å². The van der Waals surface area contributed by atoms with Crippen molar-refractivity contribution in [2.24, 2.45) is 7.05 Å². The molecule has 2 aromatic heterocycles. The predicted molar refractivity (Wildman–Crippen MR) is 78.1 cm³/mol. The highest BCUT2D eigenvalue weighted by molar-refractivity contribution is 5.37. The zero-order valence-corrected chi connectivity index (χ0v) is 11.7. The summed E-state index contributed by atoms with van der Waals surface area (Å²) in [6.45, 7) is 3.29. The molecule has 0 aliphatic heterocycles. The largest absolute Gasteiger partial charge is 0.370 e. The molecule has 0 aliphatic rings. The van der Waals surface area contributed by atoms with E-state index in [4.69, 9.17) is 0 Å². The van der Waals surface area contributed by atoms with Crippen LogP contribution in [0.3, 0.4) is 0 Å². The summed E-state index contributed by atoms with van der Waals surface area (Å²) < 4.78 is 2.68. The summed E-state index contributed by atoms with van der Waals surface area (Å²) in [5.41, 5.74) is -0.116. The Kier molecular flexibility index (Phi) is 4.34. The molecule has 0 saturated heterocycles. The number of nitrogens with one attached hydrogen (secondary N) is 1. The Labute approximate surface area is 116 Å². The highest BCUT2D eigenvalue weighted by atomic mass is 16.2. The van der Waals surface area contributed by atoms with Gasteiger partial charge in [-0.2, -0.15) is 0 Å². The van der Waals surface area contributed by atoms with Gasteiger partial charge in [0.25, 0.3) is 0 Å². The fourth-order valence-corrected chi connectivity index (χ4v) is 1.83. The Morgan fingerprint density at radius 2 is 2.05 bits per heavy atom. The number of pyridine rings is 1. The van der Waals surface area contributed by atoms with Gasteiger partial charge in [0.2, 0.25) is 0 Å². The monoisotopic (exact) mass is 274 g/mol. The Hall–Kier alpha value is -2.37. The molecule has 0 spiro atoms. The second kappa shape index (κ2) is 6.18. The van der Waals surface area contributed by atoms with Gasteiger partial charge in [-0.25, -0.2) is 4.98 Å². The lowest BCUT2D eigenvalue weighted by molar-refractivity contribution is 0.694. The quantitative estimate of drug-likeness (QED) is 0.819. The van der Waals surface area contributed by atoms with Crippen LogP contribution in [0, 0.1) is 0 Å². The summed E-state index contributed by atoms with van der Waals surface area (Å²) in [5.74, 6) is 0.779. The van der Waals surface area contributed by atoms with Crippen LogP contribution in [0.25, 0.3) is 0 Å². The minimum atomic E-state index is -0.522. The van der Waals surface area contributed by atoms with E-state index in [2.05, 4.69) is 17.2 Å². The third-order valence-electron chi connectivity index (χ3n) is 2.97. The smallest absolute Gasteiger partial charge is 0.316 e. The van der Waals surface area contributed by atoms with E-state index in [0.717, 1.165) is 24.3 Å². The molecule has 106 valence electrons. The van der Waals surface area contributed by atoms with Gasteiger partial charge in [0, 0.05) is 32.2 Å². The summed E-state index contributed by atoms with van der Waals surface area (Å²) >= 11 is 0. The lowest BCUT2D eigenvalue weighted by Crippen LogP contribution is -2.39. The van der Waals surface area contributed by atoms with E-state index in [-0.39, 0.29) is 0 Å². The zero-order valence-electron chi connectivity index (χ0n) is 11.7. The van der Waals surface area contributed by atoms with Gasteiger partial charge in [0.05, 0.1) is 6.54 Å². The molecule has 1 N–H and O–H groups in total. The zero-order chi connectivity index (χ0) is 14.5. The molecule has 2 aromatic rings. The number of nitrogens with zero attached hydrogens (tertiary/aromatic N) is 3. The molecule has 0 unspecified atom stereocenters. The molecule has 0 amide bonds. The summed E-state index contributed by atoms with van der Waals surface area (Å²) in [6, 6.07) is 3.72. The second-order valence-corrected chi connectivity index (χ2v) is 4.62. The van der Waals surface area contributed by atoms with E-state index < -0.39 is 11.1 Å². The number of hydrogen-bond donors (Lipinski definition) is 1. The molecule has 0 radical (unpaired) electrons. The first-order chi connectivity index (χ1) is 9.61. The topological polar surface area (TPSA) is 68.9 Å². The summed E-state index contributed by atoms with van der Waals surface area (Å²) in [5, 5.41) is 3.19. The van der Waals surface area contributed by atoms with Gasteiger partial charge in [0.15, 0.2) is 0 Å². The van der Waals surface area contributed by atoms with E-state index >= 15 is 0 Å². The molecule has 0 bridgehead atoms. The summed E-state index contributed by atoms with van der Waals surface area (Å²) in [4.78, 5) is 27.7. The van der Waals surface area contributed by atoms with Crippen LogP contribution >= 0.6 is 0 Å². The van der Waals surface area contributed by atoms with Crippen molar-refractivity contribution in [2.75, 3.05) is 11.9 Å². The molecule has 20 heavy (non-hydrogen) atoms. The van der Waals surface area contributed by atoms with E-state index in [1.807, 2.05) is 12.1 Å². The van der Waals surface area contributed by atoms with E-state index in [1.165, 1.54) is 9.13 Å². The van der Waals surface area contributed by atoms with Crippen LogP contribution < -0.4 is 16.4 Å². The first-order valence-corrected chi connectivity index (χ1v) is 6.56. The Bertz CT molecular complexity index is 703. The number of aromatic nitrogens is 3. The minimum absolute atomic E-state index is 0.359. The lowest BCUT2D eigenvalue weighted by Gasteiger charge is -2.08. The van der Waals surface area contributed by atoms with Crippen LogP contribution in [0.15, 0.2) is 40.3 Å². The second-order valence-electron chi connectivity index (χ2n) is 4.62. The molecule has 0 aromatic carbocycles. The van der Waals surface area contributed by atoms with Crippen LogP contribution in [0.2, 0.25) is 0 Å². The van der Waals surface area contributed by atoms with Crippen LogP contribution in [-0.2, 0) is 13.6 Å². The fourth-order valence-electron chi connectivity index (χ4n) is 1.83. The Morgan fingerprint density at radius 3 is 2.80 bits per heavy atom. The molecule has 0 fully saturated rings. The standard InChI is InChI=1S/C14H18N4O2/c1-3-5-15-12-9-11(4-6-16-12)10-18-8-7-17(2)13(19)14(18)20/h4,6-9H,3,5,10H2,1-2H3,(H,15,16). The van der Waals surface area contributed by atoms with Gasteiger partial charge in [-0.05, 0) is 24.1 Å². The van der Waals surface area contributed by atoms with Gasteiger partial charge in [-0.1, -0.05) is 6.92 Å². The van der Waals surface area contributed by atoms with Gasteiger partial charge in [0.1, 0.15) is 5.82 Å². The summed E-state index contributed by atoms with van der Waals surface area (Å²) in [6.07, 6.45) is 5.91. The van der Waals surface area contributed by atoms with Crippen LogP contribution in [0.5, 0.6) is 0 Å². The maximum absolute atomic E-state index is 11.8. The van der Waals surface area contributed by atoms with Gasteiger partial charge >= 0.3 is 11.1 Å². The van der Waals surface area contributed by atoms with Gasteiger partial charge in [-0.3, -0.25) is 9.59 Å². The minimum Gasteiger partial charge on any atom is -0.370 e. The van der Waals surface area contributed by atoms with E-state index in [0.29, 0.717) is 6.54 Å². The van der Waals surface area contributed by atoms with Crippen molar-refractivity contribution >= 4 is 5.82 Å². The normalized spacial score (nSPS) is 10.5. The molecule has 6 nitrogen and oxygen atoms in total. The molecular weight excluding hydrogens is 256 g/mol. The molecule has 0 aliphatic carbocycles.